The van der Waals surface area contributed by atoms with Crippen molar-refractivity contribution < 1.29 is 0 Å². The molecule has 1 saturated carbocycles. The highest BCUT2D eigenvalue weighted by atomic mass is 32.1. The summed E-state index contributed by atoms with van der Waals surface area (Å²) in [4.78, 5) is 1.42. The molecule has 0 saturated heterocycles. The Morgan fingerprint density at radius 3 is 2.75 bits per heavy atom. The molecule has 0 amide bonds. The average molecular weight is 238 g/mol. The largest absolute Gasteiger partial charge is 0.271 e. The highest BCUT2D eigenvalue weighted by Gasteiger charge is 2.21. The molecule has 1 heterocycles. The van der Waals surface area contributed by atoms with Crippen LogP contribution in [0.3, 0.4) is 0 Å². The van der Waals surface area contributed by atoms with Gasteiger partial charge in [0.25, 0.3) is 0 Å². The van der Waals surface area contributed by atoms with Crippen LogP contribution in [-0.2, 0) is 0 Å². The third-order valence-corrected chi connectivity index (χ3v) is 4.85. The van der Waals surface area contributed by atoms with Gasteiger partial charge in [-0.2, -0.15) is 0 Å². The number of aryl methyl sites for hydroxylation is 1. The first kappa shape index (κ1) is 12.1. The van der Waals surface area contributed by atoms with E-state index in [1.165, 1.54) is 49.0 Å². The van der Waals surface area contributed by atoms with Crippen LogP contribution >= 0.6 is 11.3 Å². The van der Waals surface area contributed by atoms with Crippen LogP contribution in [0.15, 0.2) is 11.4 Å². The molecule has 0 aliphatic heterocycles. The van der Waals surface area contributed by atoms with Gasteiger partial charge in [-0.3, -0.25) is 11.3 Å². The Morgan fingerprint density at radius 2 is 2.19 bits per heavy atom. The molecule has 1 unspecified atom stereocenters. The summed E-state index contributed by atoms with van der Waals surface area (Å²) >= 11 is 1.83. The second-order valence-corrected chi connectivity index (χ2v) is 5.87. The van der Waals surface area contributed by atoms with Crippen LogP contribution in [0.25, 0.3) is 0 Å². The predicted molar refractivity (Wildman–Crippen MR) is 70.3 cm³/mol. The highest BCUT2D eigenvalue weighted by molar-refractivity contribution is 7.10. The summed E-state index contributed by atoms with van der Waals surface area (Å²) in [5.41, 5.74) is 4.38. The first-order valence-electron chi connectivity index (χ1n) is 6.31. The lowest BCUT2D eigenvalue weighted by Gasteiger charge is -2.26. The lowest BCUT2D eigenvalue weighted by atomic mass is 9.84. The molecule has 1 atom stereocenters. The van der Waals surface area contributed by atoms with Crippen LogP contribution in [0.5, 0.6) is 0 Å². The van der Waals surface area contributed by atoms with E-state index < -0.39 is 0 Å². The third kappa shape index (κ3) is 2.84. The van der Waals surface area contributed by atoms with Gasteiger partial charge in [0.1, 0.15) is 0 Å². The minimum Gasteiger partial charge on any atom is -0.271 e. The molecule has 2 rings (SSSR count). The smallest absolute Gasteiger partial charge is 0.0558 e. The molecule has 1 fully saturated rings. The van der Waals surface area contributed by atoms with Crippen LogP contribution in [-0.4, -0.2) is 0 Å². The third-order valence-electron chi connectivity index (χ3n) is 3.71. The second kappa shape index (κ2) is 5.80. The van der Waals surface area contributed by atoms with Gasteiger partial charge in [-0.1, -0.05) is 32.1 Å². The van der Waals surface area contributed by atoms with Crippen molar-refractivity contribution in [2.75, 3.05) is 0 Å². The zero-order chi connectivity index (χ0) is 11.4. The van der Waals surface area contributed by atoms with E-state index in [9.17, 15) is 0 Å². The summed E-state index contributed by atoms with van der Waals surface area (Å²) in [6, 6.07) is 2.55. The second-order valence-electron chi connectivity index (χ2n) is 4.93. The molecule has 2 nitrogen and oxygen atoms in total. The molecule has 1 aliphatic rings. The van der Waals surface area contributed by atoms with Gasteiger partial charge in [-0.05, 0) is 36.3 Å². The SMILES string of the molecule is Cc1ccsc1C(CC1CCCCC1)NN. The van der Waals surface area contributed by atoms with Crippen molar-refractivity contribution in [3.8, 4) is 0 Å². The number of hydrogen-bond acceptors (Lipinski definition) is 3. The van der Waals surface area contributed by atoms with Crippen LogP contribution in [0.4, 0.5) is 0 Å². The van der Waals surface area contributed by atoms with Gasteiger partial charge in [0.2, 0.25) is 0 Å². The number of rotatable bonds is 4. The average Bonchev–Trinajstić information content (AvgIpc) is 2.74. The number of nitrogens with two attached hydrogens (primary N) is 1. The molecule has 90 valence electrons. The maximum absolute atomic E-state index is 5.71. The first-order chi connectivity index (χ1) is 7.81. The van der Waals surface area contributed by atoms with Gasteiger partial charge in [-0.25, -0.2) is 0 Å². The Labute approximate surface area is 102 Å². The topological polar surface area (TPSA) is 38.0 Å². The van der Waals surface area contributed by atoms with Gasteiger partial charge in [0, 0.05) is 4.88 Å². The van der Waals surface area contributed by atoms with Crippen molar-refractivity contribution in [1.29, 1.82) is 0 Å². The molecule has 3 N–H and O–H groups in total. The van der Waals surface area contributed by atoms with E-state index in [0.717, 1.165) is 5.92 Å². The Balaban J connectivity index is 1.97. The summed E-state index contributed by atoms with van der Waals surface area (Å²) < 4.78 is 0. The molecule has 1 aliphatic carbocycles. The normalized spacial score (nSPS) is 19.9. The van der Waals surface area contributed by atoms with Crippen molar-refractivity contribution in [3.63, 3.8) is 0 Å². The Hall–Kier alpha value is -0.380. The molecule has 3 heteroatoms. The minimum absolute atomic E-state index is 0.364. The fourth-order valence-electron chi connectivity index (χ4n) is 2.75. The van der Waals surface area contributed by atoms with Crippen LogP contribution < -0.4 is 11.3 Å². The van der Waals surface area contributed by atoms with Crippen LogP contribution in [0, 0.1) is 12.8 Å². The van der Waals surface area contributed by atoms with Gasteiger partial charge in [0.15, 0.2) is 0 Å². The Bertz CT molecular complexity index is 315. The van der Waals surface area contributed by atoms with Crippen LogP contribution in [0.2, 0.25) is 0 Å². The van der Waals surface area contributed by atoms with Crippen molar-refractivity contribution in [2.24, 2.45) is 11.8 Å². The Morgan fingerprint density at radius 1 is 1.44 bits per heavy atom. The lowest BCUT2D eigenvalue weighted by molar-refractivity contribution is 0.302. The van der Waals surface area contributed by atoms with E-state index in [2.05, 4.69) is 23.8 Å². The van der Waals surface area contributed by atoms with Crippen LogP contribution in [0.1, 0.15) is 55.0 Å². The lowest BCUT2D eigenvalue weighted by Crippen LogP contribution is -2.30. The van der Waals surface area contributed by atoms with Crippen molar-refractivity contribution in [3.05, 3.63) is 21.9 Å². The van der Waals surface area contributed by atoms with Gasteiger partial charge >= 0.3 is 0 Å². The maximum atomic E-state index is 5.71. The monoisotopic (exact) mass is 238 g/mol. The summed E-state index contributed by atoms with van der Waals surface area (Å²) in [6.07, 6.45) is 8.23. The number of hydrazine groups is 1. The number of thiophene rings is 1. The summed E-state index contributed by atoms with van der Waals surface area (Å²) in [5.74, 6) is 6.58. The van der Waals surface area contributed by atoms with Gasteiger partial charge < -0.3 is 0 Å². The molecular weight excluding hydrogens is 216 g/mol. The number of nitrogens with one attached hydrogen (secondary N) is 1. The van der Waals surface area contributed by atoms with E-state index in [4.69, 9.17) is 5.84 Å². The van der Waals surface area contributed by atoms with E-state index in [0.29, 0.717) is 6.04 Å². The molecular formula is C13H22N2S. The van der Waals surface area contributed by atoms with Crippen molar-refractivity contribution >= 4 is 11.3 Å². The summed E-state index contributed by atoms with van der Waals surface area (Å²) in [5, 5.41) is 2.16. The van der Waals surface area contributed by atoms with Crippen molar-refractivity contribution in [2.45, 2.75) is 51.5 Å². The van der Waals surface area contributed by atoms with Crippen molar-refractivity contribution in [1.82, 2.24) is 5.43 Å². The first-order valence-corrected chi connectivity index (χ1v) is 7.19. The minimum atomic E-state index is 0.364. The summed E-state index contributed by atoms with van der Waals surface area (Å²) in [6.45, 7) is 2.18. The molecule has 1 aromatic rings. The Kier molecular flexibility index (Phi) is 4.38. The van der Waals surface area contributed by atoms with Gasteiger partial charge in [0.05, 0.1) is 6.04 Å². The number of hydrogen-bond donors (Lipinski definition) is 2. The van der Waals surface area contributed by atoms with E-state index >= 15 is 0 Å². The van der Waals surface area contributed by atoms with E-state index in [1.54, 1.807) is 0 Å². The van der Waals surface area contributed by atoms with E-state index in [-0.39, 0.29) is 0 Å². The predicted octanol–water partition coefficient (Wildman–Crippen LogP) is 3.53. The molecule has 0 radical (unpaired) electrons. The fraction of sp³-hybridized carbons (Fsp3) is 0.692. The molecule has 16 heavy (non-hydrogen) atoms. The maximum Gasteiger partial charge on any atom is 0.0558 e. The molecule has 0 bridgehead atoms. The fourth-order valence-corrected chi connectivity index (χ4v) is 3.75. The van der Waals surface area contributed by atoms with Gasteiger partial charge in [-0.15, -0.1) is 11.3 Å². The molecule has 1 aromatic heterocycles. The summed E-state index contributed by atoms with van der Waals surface area (Å²) in [7, 11) is 0. The van der Waals surface area contributed by atoms with E-state index in [1.807, 2.05) is 11.3 Å². The molecule has 0 aromatic carbocycles. The zero-order valence-electron chi connectivity index (χ0n) is 10.0. The highest BCUT2D eigenvalue weighted by Crippen LogP contribution is 2.34. The standard InChI is InChI=1S/C13H22N2S/c1-10-7-8-16-13(10)12(15-14)9-11-5-3-2-4-6-11/h7-8,11-12,15H,2-6,9,14H2,1H3. The zero-order valence-corrected chi connectivity index (χ0v) is 10.9. The molecule has 0 spiro atoms. The quantitative estimate of drug-likeness (QED) is 0.622.